The summed E-state index contributed by atoms with van der Waals surface area (Å²) in [5, 5.41) is 6.95. The van der Waals surface area contributed by atoms with Crippen LogP contribution in [0.1, 0.15) is 36.8 Å². The van der Waals surface area contributed by atoms with Gasteiger partial charge in [-0.25, -0.2) is 0 Å². The predicted molar refractivity (Wildman–Crippen MR) is 146 cm³/mol. The minimum absolute atomic E-state index is 0. The van der Waals surface area contributed by atoms with Gasteiger partial charge < -0.3 is 15.5 Å². The van der Waals surface area contributed by atoms with Gasteiger partial charge in [-0.2, -0.15) is 0 Å². The lowest BCUT2D eigenvalue weighted by molar-refractivity contribution is -0.118. The highest BCUT2D eigenvalue weighted by Gasteiger charge is 2.23. The van der Waals surface area contributed by atoms with E-state index in [4.69, 9.17) is 0 Å². The van der Waals surface area contributed by atoms with Gasteiger partial charge in [-0.3, -0.25) is 14.7 Å². The fourth-order valence-electron chi connectivity index (χ4n) is 4.64. The summed E-state index contributed by atoms with van der Waals surface area (Å²) in [5.74, 6) is 1.05. The van der Waals surface area contributed by atoms with E-state index in [9.17, 15) is 4.79 Å². The van der Waals surface area contributed by atoms with Crippen LogP contribution >= 0.6 is 24.0 Å². The van der Waals surface area contributed by atoms with Gasteiger partial charge >= 0.3 is 0 Å². The standard InChI is InChI=1S/C26H35N5O.HI/c1-27-26(29-23-14-17-30(18-15-23)20-21-8-3-2-4-9-21)28-16-7-12-25(32)31-19-13-22-10-5-6-11-24(22)31;/h2-6,8-11,23H,7,12-20H2,1H3,(H2,27,28,29);1H. The molecule has 2 aliphatic rings. The summed E-state index contributed by atoms with van der Waals surface area (Å²) in [7, 11) is 1.81. The van der Waals surface area contributed by atoms with Crippen molar-refractivity contribution in [2.24, 2.45) is 4.99 Å². The second-order valence-electron chi connectivity index (χ2n) is 8.71. The van der Waals surface area contributed by atoms with Crippen LogP contribution in [0.4, 0.5) is 5.69 Å². The largest absolute Gasteiger partial charge is 0.356 e. The molecule has 1 fully saturated rings. The Morgan fingerprint density at radius 3 is 2.52 bits per heavy atom. The minimum Gasteiger partial charge on any atom is -0.356 e. The molecule has 7 heteroatoms. The highest BCUT2D eigenvalue weighted by Crippen LogP contribution is 2.28. The monoisotopic (exact) mass is 561 g/mol. The smallest absolute Gasteiger partial charge is 0.227 e. The van der Waals surface area contributed by atoms with Gasteiger partial charge in [0.1, 0.15) is 0 Å². The lowest BCUT2D eigenvalue weighted by Gasteiger charge is -2.33. The summed E-state index contributed by atoms with van der Waals surface area (Å²) in [5.41, 5.74) is 3.74. The molecule has 1 saturated heterocycles. The fraction of sp³-hybridized carbons (Fsp3) is 0.462. The molecule has 6 nitrogen and oxygen atoms in total. The van der Waals surface area contributed by atoms with Gasteiger partial charge in [0, 0.05) is 57.9 Å². The number of nitrogens with zero attached hydrogens (tertiary/aromatic N) is 3. The Kier molecular flexibility index (Phi) is 9.99. The molecule has 4 rings (SSSR count). The van der Waals surface area contributed by atoms with Crippen LogP contribution in [0.5, 0.6) is 0 Å². The van der Waals surface area contributed by atoms with Gasteiger partial charge in [0.15, 0.2) is 5.96 Å². The van der Waals surface area contributed by atoms with Gasteiger partial charge in [-0.15, -0.1) is 24.0 Å². The Balaban J connectivity index is 0.00000306. The van der Waals surface area contributed by atoms with Crippen molar-refractivity contribution in [3.63, 3.8) is 0 Å². The van der Waals surface area contributed by atoms with Crippen molar-refractivity contribution in [2.75, 3.05) is 38.1 Å². The average molecular weight is 562 g/mol. The quantitative estimate of drug-likeness (QED) is 0.234. The Morgan fingerprint density at radius 1 is 1.03 bits per heavy atom. The number of halogens is 1. The maximum Gasteiger partial charge on any atom is 0.227 e. The SMILES string of the molecule is CN=C(NCCCC(=O)N1CCc2ccccc21)NC1CCN(Cc2ccccc2)CC1.I. The number of hydrogen-bond donors (Lipinski definition) is 2. The lowest BCUT2D eigenvalue weighted by Crippen LogP contribution is -2.48. The first-order chi connectivity index (χ1) is 15.7. The topological polar surface area (TPSA) is 60.0 Å². The van der Waals surface area contributed by atoms with Gasteiger partial charge in [-0.05, 0) is 42.9 Å². The summed E-state index contributed by atoms with van der Waals surface area (Å²) in [6.45, 7) is 4.76. The third-order valence-electron chi connectivity index (χ3n) is 6.45. The highest BCUT2D eigenvalue weighted by atomic mass is 127. The summed E-state index contributed by atoms with van der Waals surface area (Å²) in [6, 6.07) is 19.3. The number of hydrogen-bond acceptors (Lipinski definition) is 3. The van der Waals surface area contributed by atoms with Crippen LogP contribution in [-0.2, 0) is 17.8 Å². The third-order valence-corrected chi connectivity index (χ3v) is 6.45. The van der Waals surface area contributed by atoms with Crippen molar-refractivity contribution >= 4 is 41.5 Å². The summed E-state index contributed by atoms with van der Waals surface area (Å²) in [4.78, 5) is 21.5. The Bertz CT molecular complexity index is 912. The first kappa shape index (κ1) is 25.5. The van der Waals surface area contributed by atoms with Crippen LogP contribution in [0.15, 0.2) is 59.6 Å². The molecule has 0 aromatic heterocycles. The number of aliphatic imine (C=N–C) groups is 1. The van der Waals surface area contributed by atoms with E-state index in [1.807, 2.05) is 24.1 Å². The van der Waals surface area contributed by atoms with Crippen LogP contribution < -0.4 is 15.5 Å². The number of amides is 1. The van der Waals surface area contributed by atoms with E-state index < -0.39 is 0 Å². The summed E-state index contributed by atoms with van der Waals surface area (Å²) < 4.78 is 0. The second kappa shape index (κ2) is 12.9. The molecule has 2 aromatic carbocycles. The molecule has 1 amide bonds. The van der Waals surface area contributed by atoms with E-state index in [-0.39, 0.29) is 29.9 Å². The zero-order chi connectivity index (χ0) is 22.2. The molecule has 0 aliphatic carbocycles. The number of guanidine groups is 1. The fourth-order valence-corrected chi connectivity index (χ4v) is 4.64. The molecule has 178 valence electrons. The Hall–Kier alpha value is -2.13. The minimum atomic E-state index is 0. The first-order valence-corrected chi connectivity index (χ1v) is 11.8. The Morgan fingerprint density at radius 2 is 1.76 bits per heavy atom. The van der Waals surface area contributed by atoms with Crippen molar-refractivity contribution in [1.82, 2.24) is 15.5 Å². The number of carbonyl (C=O) groups excluding carboxylic acids is 1. The number of nitrogens with one attached hydrogen (secondary N) is 2. The van der Waals surface area contributed by atoms with Crippen LogP contribution in [0, 0.1) is 0 Å². The number of para-hydroxylation sites is 1. The second-order valence-corrected chi connectivity index (χ2v) is 8.71. The molecule has 0 saturated carbocycles. The van der Waals surface area contributed by atoms with Crippen LogP contribution in [0.3, 0.4) is 0 Å². The maximum atomic E-state index is 12.6. The number of piperidine rings is 1. The first-order valence-electron chi connectivity index (χ1n) is 11.8. The van der Waals surface area contributed by atoms with Crippen molar-refractivity contribution in [3.8, 4) is 0 Å². The van der Waals surface area contributed by atoms with Crippen LogP contribution in [0.25, 0.3) is 0 Å². The molecule has 0 atom stereocenters. The van der Waals surface area contributed by atoms with Crippen LogP contribution in [0.2, 0.25) is 0 Å². The van der Waals surface area contributed by atoms with E-state index in [0.717, 1.165) is 70.1 Å². The molecule has 0 spiro atoms. The van der Waals surface area contributed by atoms with E-state index >= 15 is 0 Å². The molecular formula is C26H36IN5O. The van der Waals surface area contributed by atoms with Crippen molar-refractivity contribution in [3.05, 3.63) is 65.7 Å². The maximum absolute atomic E-state index is 12.6. The molecular weight excluding hydrogens is 525 g/mol. The van der Waals surface area contributed by atoms with Crippen molar-refractivity contribution in [1.29, 1.82) is 0 Å². The summed E-state index contributed by atoms with van der Waals surface area (Å²) >= 11 is 0. The number of rotatable bonds is 7. The zero-order valence-corrected chi connectivity index (χ0v) is 21.8. The highest BCUT2D eigenvalue weighted by molar-refractivity contribution is 14.0. The van der Waals surface area contributed by atoms with Gasteiger partial charge in [-0.1, -0.05) is 48.5 Å². The van der Waals surface area contributed by atoms with Gasteiger partial charge in [0.2, 0.25) is 5.91 Å². The Labute approximate surface area is 214 Å². The molecule has 0 unspecified atom stereocenters. The molecule has 0 bridgehead atoms. The molecule has 2 aromatic rings. The zero-order valence-electron chi connectivity index (χ0n) is 19.5. The van der Waals surface area contributed by atoms with Crippen LogP contribution in [-0.4, -0.2) is 56.0 Å². The molecule has 2 N–H and O–H groups in total. The van der Waals surface area contributed by atoms with E-state index in [2.05, 4.69) is 63.0 Å². The third kappa shape index (κ3) is 7.17. The number of benzene rings is 2. The van der Waals surface area contributed by atoms with Gasteiger partial charge in [0.25, 0.3) is 0 Å². The molecule has 2 aliphatic heterocycles. The van der Waals surface area contributed by atoms with E-state index in [1.54, 1.807) is 0 Å². The number of carbonyl (C=O) groups is 1. The number of fused-ring (bicyclic) bond motifs is 1. The van der Waals surface area contributed by atoms with Gasteiger partial charge in [0.05, 0.1) is 0 Å². The van der Waals surface area contributed by atoms with Crippen molar-refractivity contribution in [2.45, 2.75) is 44.7 Å². The van der Waals surface area contributed by atoms with Crippen molar-refractivity contribution < 1.29 is 4.79 Å². The van der Waals surface area contributed by atoms with E-state index in [0.29, 0.717) is 12.5 Å². The number of anilines is 1. The molecule has 0 radical (unpaired) electrons. The summed E-state index contributed by atoms with van der Waals surface area (Å²) in [6.07, 6.45) is 4.53. The normalized spacial score (nSPS) is 16.8. The predicted octanol–water partition coefficient (Wildman–Crippen LogP) is 3.80. The molecule has 33 heavy (non-hydrogen) atoms. The molecule has 2 heterocycles. The lowest BCUT2D eigenvalue weighted by atomic mass is 10.0. The number of likely N-dealkylation sites (tertiary alicyclic amines) is 1. The van der Waals surface area contributed by atoms with E-state index in [1.165, 1.54) is 11.1 Å². The average Bonchev–Trinajstić information content (AvgIpc) is 3.27.